The summed E-state index contributed by atoms with van der Waals surface area (Å²) in [6.45, 7) is 1.44. The minimum Gasteiger partial charge on any atom is -0.382 e. The molecule has 0 aliphatic carbocycles. The van der Waals surface area contributed by atoms with Crippen molar-refractivity contribution in [3.05, 3.63) is 35.4 Å². The number of hydrogen-bond acceptors (Lipinski definition) is 4. The van der Waals surface area contributed by atoms with Crippen molar-refractivity contribution in [2.45, 2.75) is 6.54 Å². The van der Waals surface area contributed by atoms with Crippen LogP contribution in [0.4, 0.5) is 0 Å². The first-order valence-corrected chi connectivity index (χ1v) is 5.97. The molecule has 5 nitrogen and oxygen atoms in total. The molecular weight excluding hydrogens is 244 g/mol. The van der Waals surface area contributed by atoms with E-state index in [0.29, 0.717) is 25.3 Å². The minimum absolute atomic E-state index is 0.0517. The predicted molar refractivity (Wildman–Crippen MR) is 70.3 cm³/mol. The second kappa shape index (κ2) is 8.25. The fourth-order valence-corrected chi connectivity index (χ4v) is 1.46. The number of nitrogens with zero attached hydrogens (tertiary/aromatic N) is 2. The number of carbonyl (C=O) groups excluding carboxylic acids is 1. The topological polar surface area (TPSA) is 62.6 Å². The van der Waals surface area contributed by atoms with E-state index in [4.69, 9.17) is 14.7 Å². The van der Waals surface area contributed by atoms with E-state index in [0.717, 1.165) is 5.56 Å². The Labute approximate surface area is 113 Å². The van der Waals surface area contributed by atoms with Gasteiger partial charge in [0.15, 0.2) is 0 Å². The van der Waals surface area contributed by atoms with E-state index in [2.05, 4.69) is 6.07 Å². The fraction of sp³-hybridized carbons (Fsp3) is 0.429. The van der Waals surface area contributed by atoms with Gasteiger partial charge in [-0.05, 0) is 17.7 Å². The third-order valence-electron chi connectivity index (χ3n) is 2.59. The Morgan fingerprint density at radius 3 is 2.58 bits per heavy atom. The first-order valence-electron chi connectivity index (χ1n) is 5.97. The highest BCUT2D eigenvalue weighted by atomic mass is 16.5. The number of hydrogen-bond donors (Lipinski definition) is 0. The van der Waals surface area contributed by atoms with Crippen molar-refractivity contribution < 1.29 is 14.3 Å². The molecule has 0 heterocycles. The lowest BCUT2D eigenvalue weighted by atomic mass is 10.1. The number of ether oxygens (including phenoxy) is 2. The molecule has 0 N–H and O–H groups in total. The third kappa shape index (κ3) is 5.51. The van der Waals surface area contributed by atoms with Crippen LogP contribution in [0.2, 0.25) is 0 Å². The van der Waals surface area contributed by atoms with Crippen LogP contribution in [0.25, 0.3) is 0 Å². The monoisotopic (exact) mass is 262 g/mol. The number of benzene rings is 1. The summed E-state index contributed by atoms with van der Waals surface area (Å²) < 4.78 is 10.00. The van der Waals surface area contributed by atoms with Gasteiger partial charge in [-0.1, -0.05) is 12.1 Å². The fourth-order valence-electron chi connectivity index (χ4n) is 1.46. The molecule has 1 aromatic rings. The van der Waals surface area contributed by atoms with Gasteiger partial charge < -0.3 is 14.4 Å². The largest absolute Gasteiger partial charge is 0.382 e. The molecule has 0 aliphatic rings. The number of likely N-dealkylation sites (N-methyl/N-ethyl adjacent to an activating group) is 1. The first kappa shape index (κ1) is 15.2. The van der Waals surface area contributed by atoms with Crippen LogP contribution in [-0.4, -0.2) is 44.8 Å². The summed E-state index contributed by atoms with van der Waals surface area (Å²) in [5.41, 5.74) is 1.59. The van der Waals surface area contributed by atoms with Gasteiger partial charge in [0.1, 0.15) is 6.61 Å². The van der Waals surface area contributed by atoms with Gasteiger partial charge in [0, 0.05) is 20.7 Å². The third-order valence-corrected chi connectivity index (χ3v) is 2.59. The van der Waals surface area contributed by atoms with Crippen molar-refractivity contribution in [2.24, 2.45) is 0 Å². The molecule has 0 atom stereocenters. The molecule has 1 rings (SSSR count). The molecule has 0 radical (unpaired) electrons. The Morgan fingerprint density at radius 1 is 1.32 bits per heavy atom. The lowest BCUT2D eigenvalue weighted by Crippen LogP contribution is -2.30. The Balaban J connectivity index is 2.38. The lowest BCUT2D eigenvalue weighted by molar-refractivity contribution is -0.135. The van der Waals surface area contributed by atoms with Gasteiger partial charge in [-0.25, -0.2) is 0 Å². The summed E-state index contributed by atoms with van der Waals surface area (Å²) in [5, 5.41) is 8.70. The maximum Gasteiger partial charge on any atom is 0.248 e. The van der Waals surface area contributed by atoms with Crippen molar-refractivity contribution >= 4 is 5.91 Å². The molecular formula is C14H18N2O3. The van der Waals surface area contributed by atoms with Gasteiger partial charge in [-0.2, -0.15) is 5.26 Å². The van der Waals surface area contributed by atoms with Gasteiger partial charge in [-0.3, -0.25) is 4.79 Å². The summed E-state index contributed by atoms with van der Waals surface area (Å²) in [7, 11) is 3.31. The zero-order valence-electron chi connectivity index (χ0n) is 11.3. The van der Waals surface area contributed by atoms with Crippen molar-refractivity contribution in [1.82, 2.24) is 4.90 Å². The maximum absolute atomic E-state index is 11.7. The Bertz CT molecular complexity index is 437. The number of amides is 1. The SMILES string of the molecule is COCCOCC(=O)N(C)Cc1ccc(C#N)cc1. The molecule has 1 aromatic carbocycles. The van der Waals surface area contributed by atoms with E-state index >= 15 is 0 Å². The van der Waals surface area contributed by atoms with Gasteiger partial charge in [0.2, 0.25) is 5.91 Å². The summed E-state index contributed by atoms with van der Waals surface area (Å²) in [4.78, 5) is 13.3. The van der Waals surface area contributed by atoms with Crippen LogP contribution >= 0.6 is 0 Å². The normalized spacial score (nSPS) is 9.95. The van der Waals surface area contributed by atoms with Crippen LogP contribution in [-0.2, 0) is 20.8 Å². The zero-order valence-corrected chi connectivity index (χ0v) is 11.3. The summed E-state index contributed by atoms with van der Waals surface area (Å²) >= 11 is 0. The molecule has 0 saturated heterocycles. The summed E-state index contributed by atoms with van der Waals surface area (Å²) in [5.74, 6) is -0.0829. The van der Waals surface area contributed by atoms with E-state index in [1.54, 1.807) is 31.2 Å². The van der Waals surface area contributed by atoms with Crippen LogP contribution in [0.5, 0.6) is 0 Å². The van der Waals surface area contributed by atoms with Crippen molar-refractivity contribution in [1.29, 1.82) is 5.26 Å². The Kier molecular flexibility index (Phi) is 6.58. The van der Waals surface area contributed by atoms with Crippen LogP contribution in [0.3, 0.4) is 0 Å². The van der Waals surface area contributed by atoms with Gasteiger partial charge >= 0.3 is 0 Å². The standard InChI is InChI=1S/C14H18N2O3/c1-16(14(17)11-19-8-7-18-2)10-13-5-3-12(9-15)4-6-13/h3-6H,7-8,10-11H2,1-2H3. The minimum atomic E-state index is -0.0829. The molecule has 0 aliphatic heterocycles. The van der Waals surface area contributed by atoms with E-state index in [9.17, 15) is 4.79 Å². The van der Waals surface area contributed by atoms with Crippen LogP contribution in [0.15, 0.2) is 24.3 Å². The first-order chi connectivity index (χ1) is 9.17. The van der Waals surface area contributed by atoms with E-state index < -0.39 is 0 Å². The quantitative estimate of drug-likeness (QED) is 0.692. The van der Waals surface area contributed by atoms with Crippen LogP contribution in [0.1, 0.15) is 11.1 Å². The van der Waals surface area contributed by atoms with Crippen molar-refractivity contribution in [3.63, 3.8) is 0 Å². The number of carbonyl (C=O) groups is 1. The second-order valence-electron chi connectivity index (χ2n) is 4.10. The highest BCUT2D eigenvalue weighted by molar-refractivity contribution is 5.77. The van der Waals surface area contributed by atoms with E-state index in [-0.39, 0.29) is 12.5 Å². The molecule has 0 saturated carbocycles. The van der Waals surface area contributed by atoms with Crippen molar-refractivity contribution in [3.8, 4) is 6.07 Å². The van der Waals surface area contributed by atoms with E-state index in [1.165, 1.54) is 0 Å². The molecule has 5 heteroatoms. The highest BCUT2D eigenvalue weighted by Gasteiger charge is 2.09. The smallest absolute Gasteiger partial charge is 0.248 e. The summed E-state index contributed by atoms with van der Waals surface area (Å²) in [6, 6.07) is 9.22. The predicted octanol–water partition coefficient (Wildman–Crippen LogP) is 1.18. The maximum atomic E-state index is 11.7. The number of nitriles is 1. The average Bonchev–Trinajstić information content (AvgIpc) is 2.44. The molecule has 19 heavy (non-hydrogen) atoms. The Morgan fingerprint density at radius 2 is 2.00 bits per heavy atom. The molecule has 0 spiro atoms. The number of methoxy groups -OCH3 is 1. The van der Waals surface area contributed by atoms with E-state index in [1.807, 2.05) is 12.1 Å². The summed E-state index contributed by atoms with van der Waals surface area (Å²) in [6.07, 6.45) is 0. The van der Waals surface area contributed by atoms with Gasteiger partial charge in [-0.15, -0.1) is 0 Å². The van der Waals surface area contributed by atoms with Gasteiger partial charge in [0.05, 0.1) is 24.8 Å². The lowest BCUT2D eigenvalue weighted by Gasteiger charge is -2.17. The molecule has 102 valence electrons. The second-order valence-corrected chi connectivity index (χ2v) is 4.10. The van der Waals surface area contributed by atoms with Crippen molar-refractivity contribution in [2.75, 3.05) is 34.0 Å². The van der Waals surface area contributed by atoms with Crippen LogP contribution < -0.4 is 0 Å². The molecule has 1 amide bonds. The average molecular weight is 262 g/mol. The Hall–Kier alpha value is -1.90. The molecule has 0 fully saturated rings. The number of rotatable bonds is 7. The molecule has 0 bridgehead atoms. The molecule has 0 aromatic heterocycles. The molecule has 0 unspecified atom stereocenters. The zero-order chi connectivity index (χ0) is 14.1. The van der Waals surface area contributed by atoms with Gasteiger partial charge in [0.25, 0.3) is 0 Å². The van der Waals surface area contributed by atoms with Crippen LogP contribution in [0, 0.1) is 11.3 Å². The highest BCUT2D eigenvalue weighted by Crippen LogP contribution is 2.06.